The van der Waals surface area contributed by atoms with Gasteiger partial charge < -0.3 is 4.98 Å². The number of imidazole rings is 1. The van der Waals surface area contributed by atoms with Crippen molar-refractivity contribution in [3.05, 3.63) is 53.1 Å². The Morgan fingerprint density at radius 3 is 2.62 bits per heavy atom. The number of primary sulfonamides is 1. The highest BCUT2D eigenvalue weighted by molar-refractivity contribution is 7.89. The van der Waals surface area contributed by atoms with Crippen molar-refractivity contribution >= 4 is 21.6 Å². The Morgan fingerprint density at radius 2 is 2.00 bits per heavy atom. The second-order valence-electron chi connectivity index (χ2n) is 5.09. The summed E-state index contributed by atoms with van der Waals surface area (Å²) in [4.78, 5) is 11.1. The van der Waals surface area contributed by atoms with Crippen LogP contribution >= 0.6 is 11.6 Å². The van der Waals surface area contributed by atoms with Crippen LogP contribution < -0.4 is 5.14 Å². The molecule has 2 heterocycles. The molecule has 0 unspecified atom stereocenters. The molecule has 0 saturated heterocycles. The van der Waals surface area contributed by atoms with Gasteiger partial charge in [-0.05, 0) is 30.7 Å². The number of benzene rings is 1. The predicted molar refractivity (Wildman–Crippen MR) is 88.3 cm³/mol. The Balaban J connectivity index is 2.13. The second-order valence-corrected chi connectivity index (χ2v) is 6.97. The number of halogens is 2. The lowest BCUT2D eigenvalue weighted by molar-refractivity contribution is 0.597. The predicted octanol–water partition coefficient (Wildman–Crippen LogP) is 2.89. The first-order valence-corrected chi connectivity index (χ1v) is 8.70. The fraction of sp³-hybridized carbons (Fsp3) is 0.0667. The molecule has 2 aromatic heterocycles. The number of nitrogens with zero attached hydrogens (tertiary/aromatic N) is 2. The molecule has 0 amide bonds. The van der Waals surface area contributed by atoms with Crippen molar-refractivity contribution in [1.82, 2.24) is 15.0 Å². The Labute approximate surface area is 142 Å². The van der Waals surface area contributed by atoms with Gasteiger partial charge in [0, 0.05) is 5.56 Å². The normalized spacial score (nSPS) is 11.7. The van der Waals surface area contributed by atoms with Gasteiger partial charge in [-0.2, -0.15) is 0 Å². The number of H-pyrrole nitrogens is 1. The lowest BCUT2D eigenvalue weighted by Crippen LogP contribution is -2.14. The van der Waals surface area contributed by atoms with Crippen LogP contribution in [0.5, 0.6) is 0 Å². The molecule has 6 nitrogen and oxygen atoms in total. The van der Waals surface area contributed by atoms with Crippen LogP contribution in [0.2, 0.25) is 5.15 Å². The van der Waals surface area contributed by atoms with Crippen molar-refractivity contribution in [1.29, 1.82) is 0 Å². The van der Waals surface area contributed by atoms with E-state index in [0.29, 0.717) is 28.3 Å². The fourth-order valence-electron chi connectivity index (χ4n) is 2.36. The van der Waals surface area contributed by atoms with Gasteiger partial charge in [-0.3, -0.25) is 0 Å². The largest absolute Gasteiger partial charge is 0.335 e. The molecule has 0 aliphatic heterocycles. The highest BCUT2D eigenvalue weighted by atomic mass is 35.5. The summed E-state index contributed by atoms with van der Waals surface area (Å²) in [6, 6.07) is 7.40. The number of nitrogens with two attached hydrogens (primary N) is 1. The number of rotatable bonds is 3. The van der Waals surface area contributed by atoms with Crippen molar-refractivity contribution < 1.29 is 12.8 Å². The zero-order chi connectivity index (χ0) is 17.5. The molecule has 9 heteroatoms. The average molecular weight is 367 g/mol. The highest BCUT2D eigenvalue weighted by Crippen LogP contribution is 2.32. The van der Waals surface area contributed by atoms with Crippen LogP contribution in [0.1, 0.15) is 5.56 Å². The van der Waals surface area contributed by atoms with Gasteiger partial charge in [0.25, 0.3) is 0 Å². The molecule has 0 spiro atoms. The van der Waals surface area contributed by atoms with Crippen LogP contribution in [0.15, 0.2) is 41.4 Å². The summed E-state index contributed by atoms with van der Waals surface area (Å²) in [5, 5.41) is 5.37. The van der Waals surface area contributed by atoms with Gasteiger partial charge >= 0.3 is 0 Å². The maximum Gasteiger partial charge on any atom is 0.238 e. The molecule has 0 aliphatic carbocycles. The minimum absolute atomic E-state index is 0.00660. The lowest BCUT2D eigenvalue weighted by Gasteiger charge is -2.08. The molecule has 0 saturated carbocycles. The van der Waals surface area contributed by atoms with Gasteiger partial charge in [-0.1, -0.05) is 23.7 Å². The van der Waals surface area contributed by atoms with E-state index in [-0.39, 0.29) is 10.0 Å². The summed E-state index contributed by atoms with van der Waals surface area (Å²) in [7, 11) is -3.86. The zero-order valence-corrected chi connectivity index (χ0v) is 14.0. The van der Waals surface area contributed by atoms with Gasteiger partial charge in [-0.25, -0.2) is 27.9 Å². The topological polar surface area (TPSA) is 102 Å². The Morgan fingerprint density at radius 1 is 1.25 bits per heavy atom. The van der Waals surface area contributed by atoms with Crippen molar-refractivity contribution in [3.8, 4) is 22.8 Å². The maximum atomic E-state index is 13.0. The molecule has 3 N–H and O–H groups in total. The van der Waals surface area contributed by atoms with Crippen LogP contribution in [0, 0.1) is 12.7 Å². The van der Waals surface area contributed by atoms with Gasteiger partial charge in [-0.15, -0.1) is 0 Å². The third-order valence-corrected chi connectivity index (χ3v) is 4.82. The van der Waals surface area contributed by atoms with Crippen LogP contribution in [-0.2, 0) is 10.0 Å². The number of aromatic nitrogens is 3. The van der Waals surface area contributed by atoms with Gasteiger partial charge in [0.15, 0.2) is 11.0 Å². The van der Waals surface area contributed by atoms with Crippen molar-refractivity contribution in [3.63, 3.8) is 0 Å². The van der Waals surface area contributed by atoms with Crippen LogP contribution in [0.4, 0.5) is 4.39 Å². The first-order chi connectivity index (χ1) is 11.3. The van der Waals surface area contributed by atoms with Crippen molar-refractivity contribution in [2.24, 2.45) is 5.14 Å². The first-order valence-electron chi connectivity index (χ1n) is 6.77. The summed E-state index contributed by atoms with van der Waals surface area (Å²) >= 11 is 6.17. The van der Waals surface area contributed by atoms with Crippen LogP contribution in [0.3, 0.4) is 0 Å². The number of pyridine rings is 1. The minimum Gasteiger partial charge on any atom is -0.335 e. The van der Waals surface area contributed by atoms with E-state index < -0.39 is 15.8 Å². The lowest BCUT2D eigenvalue weighted by atomic mass is 10.1. The molecule has 0 fully saturated rings. The van der Waals surface area contributed by atoms with Gasteiger partial charge in [0.1, 0.15) is 11.5 Å². The van der Waals surface area contributed by atoms with Crippen molar-refractivity contribution in [2.45, 2.75) is 11.8 Å². The number of hydrogen-bond acceptors (Lipinski definition) is 4. The van der Waals surface area contributed by atoms with Gasteiger partial charge in [0.05, 0.1) is 16.8 Å². The number of nitrogens with one attached hydrogen (secondary N) is 1. The summed E-state index contributed by atoms with van der Waals surface area (Å²) in [6.07, 6.45) is 1.07. The minimum atomic E-state index is -3.86. The molecule has 0 bridgehead atoms. The molecule has 3 aromatic rings. The van der Waals surface area contributed by atoms with E-state index in [9.17, 15) is 12.8 Å². The molecule has 0 aliphatic rings. The van der Waals surface area contributed by atoms with E-state index in [1.54, 1.807) is 19.1 Å². The van der Waals surface area contributed by atoms with E-state index in [4.69, 9.17) is 16.7 Å². The maximum absolute atomic E-state index is 13.0. The molecule has 3 rings (SSSR count). The van der Waals surface area contributed by atoms with E-state index in [1.807, 2.05) is 0 Å². The number of hydrogen-bond donors (Lipinski definition) is 2. The van der Waals surface area contributed by atoms with Crippen molar-refractivity contribution in [2.75, 3.05) is 0 Å². The quantitative estimate of drug-likeness (QED) is 0.744. The van der Waals surface area contributed by atoms with E-state index in [1.165, 1.54) is 18.2 Å². The first kappa shape index (κ1) is 16.6. The highest BCUT2D eigenvalue weighted by Gasteiger charge is 2.19. The van der Waals surface area contributed by atoms with Crippen LogP contribution in [0.25, 0.3) is 22.8 Å². The standard InChI is InChI=1S/C15H12ClFN4O2S/c1-8-10(3-2-4-12(8)24(18,22)23)13-14(16)21-15(20-13)11-6-5-9(17)7-19-11/h2-7H,1H3,(H,20,21)(H2,18,22,23). The Hall–Kier alpha value is -2.29. The molecular weight excluding hydrogens is 355 g/mol. The molecule has 0 atom stereocenters. The summed E-state index contributed by atoms with van der Waals surface area (Å²) < 4.78 is 36.3. The van der Waals surface area contributed by atoms with E-state index in [0.717, 1.165) is 6.20 Å². The fourth-order valence-corrected chi connectivity index (χ4v) is 3.40. The van der Waals surface area contributed by atoms with E-state index >= 15 is 0 Å². The second kappa shape index (κ2) is 5.97. The molecule has 24 heavy (non-hydrogen) atoms. The SMILES string of the molecule is Cc1c(-c2[nH]c(-c3ccc(F)cn3)nc2Cl)cccc1S(N)(=O)=O. The molecular formula is C15H12ClFN4O2S. The monoisotopic (exact) mass is 366 g/mol. The van der Waals surface area contributed by atoms with Gasteiger partial charge in [0.2, 0.25) is 10.0 Å². The van der Waals surface area contributed by atoms with Crippen LogP contribution in [-0.4, -0.2) is 23.4 Å². The van der Waals surface area contributed by atoms with E-state index in [2.05, 4.69) is 15.0 Å². The zero-order valence-electron chi connectivity index (χ0n) is 12.4. The molecule has 0 radical (unpaired) electrons. The summed E-state index contributed by atoms with van der Waals surface area (Å²) in [6.45, 7) is 1.63. The third-order valence-electron chi connectivity index (χ3n) is 3.49. The Kier molecular flexibility index (Phi) is 4.12. The summed E-state index contributed by atoms with van der Waals surface area (Å²) in [5.41, 5.74) is 1.84. The third kappa shape index (κ3) is 3.03. The smallest absolute Gasteiger partial charge is 0.238 e. The Bertz CT molecular complexity index is 1020. The molecule has 124 valence electrons. The molecule has 1 aromatic carbocycles. The number of aromatic amines is 1. The summed E-state index contributed by atoms with van der Waals surface area (Å²) in [5.74, 6) is -0.122. The number of sulfonamides is 1. The average Bonchev–Trinajstić information content (AvgIpc) is 2.89.